The summed E-state index contributed by atoms with van der Waals surface area (Å²) in [5, 5.41) is 0. The Hall–Kier alpha value is -3.16. The SMILES string of the molecule is COc1ccc(Br)cc1/C=C1\Oc2c3c(cc(C)c2C1=O)OCN(Cc1ccccn1)C3. The van der Waals surface area contributed by atoms with Gasteiger partial charge in [0.15, 0.2) is 5.76 Å². The minimum absolute atomic E-state index is 0.135. The number of Topliss-reactive ketones (excluding diaryl/α,β-unsaturated/α-hetero) is 1. The van der Waals surface area contributed by atoms with Crippen molar-refractivity contribution < 1.29 is 19.0 Å². The van der Waals surface area contributed by atoms with Crippen LogP contribution in [0, 0.1) is 6.92 Å². The number of hydrogen-bond donors (Lipinski definition) is 0. The molecule has 3 aromatic rings. The molecule has 0 amide bonds. The van der Waals surface area contributed by atoms with Crippen molar-refractivity contribution in [1.82, 2.24) is 9.88 Å². The van der Waals surface area contributed by atoms with Crippen molar-refractivity contribution in [2.45, 2.75) is 20.0 Å². The van der Waals surface area contributed by atoms with Gasteiger partial charge in [0, 0.05) is 29.3 Å². The van der Waals surface area contributed by atoms with Crippen LogP contribution in [0.4, 0.5) is 0 Å². The third kappa shape index (κ3) is 3.78. The first-order chi connectivity index (χ1) is 15.5. The van der Waals surface area contributed by atoms with Crippen LogP contribution >= 0.6 is 15.9 Å². The quantitative estimate of drug-likeness (QED) is 0.470. The van der Waals surface area contributed by atoms with Crippen LogP contribution in [0.1, 0.15) is 32.7 Å². The number of methoxy groups -OCH3 is 1. The number of aryl methyl sites for hydroxylation is 1. The highest BCUT2D eigenvalue weighted by Gasteiger charge is 2.35. The summed E-state index contributed by atoms with van der Waals surface area (Å²) in [5.41, 5.74) is 4.03. The molecule has 2 aliphatic heterocycles. The molecule has 0 unspecified atom stereocenters. The van der Waals surface area contributed by atoms with Crippen LogP contribution < -0.4 is 14.2 Å². The van der Waals surface area contributed by atoms with Crippen molar-refractivity contribution in [2.75, 3.05) is 13.8 Å². The van der Waals surface area contributed by atoms with Gasteiger partial charge in [0.2, 0.25) is 5.78 Å². The number of carbonyl (C=O) groups is 1. The normalized spacial score (nSPS) is 16.3. The van der Waals surface area contributed by atoms with Gasteiger partial charge >= 0.3 is 0 Å². The maximum atomic E-state index is 13.3. The summed E-state index contributed by atoms with van der Waals surface area (Å²) in [6.07, 6.45) is 3.51. The number of carbonyl (C=O) groups excluding carboxylic acids is 1. The van der Waals surface area contributed by atoms with Gasteiger partial charge in [-0.1, -0.05) is 22.0 Å². The minimum Gasteiger partial charge on any atom is -0.496 e. The number of nitrogens with zero attached hydrogens (tertiary/aromatic N) is 2. The summed E-state index contributed by atoms with van der Waals surface area (Å²) >= 11 is 3.48. The Morgan fingerprint density at radius 2 is 2.12 bits per heavy atom. The number of rotatable bonds is 4. The lowest BCUT2D eigenvalue weighted by Gasteiger charge is -2.29. The summed E-state index contributed by atoms with van der Waals surface area (Å²) in [5.74, 6) is 2.14. The summed E-state index contributed by atoms with van der Waals surface area (Å²) in [7, 11) is 1.60. The molecule has 0 aliphatic carbocycles. The van der Waals surface area contributed by atoms with Crippen LogP contribution in [0.15, 0.2) is 58.9 Å². The predicted octanol–water partition coefficient (Wildman–Crippen LogP) is 5.13. The summed E-state index contributed by atoms with van der Waals surface area (Å²) in [6.45, 7) is 3.62. The van der Waals surface area contributed by atoms with E-state index in [9.17, 15) is 4.79 Å². The summed E-state index contributed by atoms with van der Waals surface area (Å²) < 4.78 is 18.5. The fraction of sp³-hybridized carbons (Fsp3) is 0.200. The summed E-state index contributed by atoms with van der Waals surface area (Å²) in [6, 6.07) is 13.4. The van der Waals surface area contributed by atoms with Crippen molar-refractivity contribution in [3.63, 3.8) is 0 Å². The number of hydrogen-bond acceptors (Lipinski definition) is 6. The molecule has 3 heterocycles. The zero-order valence-corrected chi connectivity index (χ0v) is 19.3. The summed E-state index contributed by atoms with van der Waals surface area (Å²) in [4.78, 5) is 19.8. The Kier molecular flexibility index (Phi) is 5.45. The second kappa shape index (κ2) is 8.41. The standard InChI is InChI=1S/C25H21BrN2O4/c1-15-9-21-19(13-28(14-31-21)12-18-5-3-4-8-27-18)25-23(15)24(29)22(32-25)11-16-10-17(26)6-7-20(16)30-2/h3-11H,12-14H2,1-2H3/b22-11-. The monoisotopic (exact) mass is 492 g/mol. The molecule has 1 aromatic heterocycles. The van der Waals surface area contributed by atoms with Crippen LogP contribution in [-0.4, -0.2) is 29.5 Å². The highest BCUT2D eigenvalue weighted by molar-refractivity contribution is 9.10. The molecule has 0 saturated heterocycles. The molecule has 0 N–H and O–H groups in total. The van der Waals surface area contributed by atoms with Gasteiger partial charge in [-0.3, -0.25) is 14.7 Å². The fourth-order valence-corrected chi connectivity index (χ4v) is 4.44. The molecule has 162 valence electrons. The lowest BCUT2D eigenvalue weighted by molar-refractivity contribution is 0.0861. The smallest absolute Gasteiger partial charge is 0.232 e. The lowest BCUT2D eigenvalue weighted by atomic mass is 9.98. The number of aromatic nitrogens is 1. The first-order valence-corrected chi connectivity index (χ1v) is 11.0. The molecule has 6 nitrogen and oxygen atoms in total. The van der Waals surface area contributed by atoms with Crippen LogP contribution in [0.3, 0.4) is 0 Å². The van der Waals surface area contributed by atoms with Crippen LogP contribution in [-0.2, 0) is 13.1 Å². The Morgan fingerprint density at radius 1 is 1.25 bits per heavy atom. The maximum absolute atomic E-state index is 13.3. The first-order valence-electron chi connectivity index (χ1n) is 10.2. The van der Waals surface area contributed by atoms with E-state index >= 15 is 0 Å². The van der Waals surface area contributed by atoms with E-state index in [-0.39, 0.29) is 11.5 Å². The molecule has 0 fully saturated rings. The lowest BCUT2D eigenvalue weighted by Crippen LogP contribution is -2.32. The van der Waals surface area contributed by atoms with Gasteiger partial charge in [-0.25, -0.2) is 0 Å². The number of benzene rings is 2. The third-order valence-electron chi connectivity index (χ3n) is 5.58. The molecule has 0 bridgehead atoms. The van der Waals surface area contributed by atoms with E-state index in [2.05, 4.69) is 25.8 Å². The van der Waals surface area contributed by atoms with Crippen LogP contribution in [0.25, 0.3) is 6.08 Å². The molecule has 0 radical (unpaired) electrons. The van der Waals surface area contributed by atoms with Crippen molar-refractivity contribution in [1.29, 1.82) is 0 Å². The average Bonchev–Trinajstić information content (AvgIpc) is 3.12. The highest BCUT2D eigenvalue weighted by Crippen LogP contribution is 2.44. The van der Waals surface area contributed by atoms with E-state index in [0.29, 0.717) is 36.9 Å². The van der Waals surface area contributed by atoms with Crippen LogP contribution in [0.2, 0.25) is 0 Å². The molecule has 0 atom stereocenters. The highest BCUT2D eigenvalue weighted by atomic mass is 79.9. The van der Waals surface area contributed by atoms with Gasteiger partial charge in [-0.15, -0.1) is 0 Å². The van der Waals surface area contributed by atoms with Gasteiger partial charge < -0.3 is 14.2 Å². The number of halogens is 1. The third-order valence-corrected chi connectivity index (χ3v) is 6.07. The Labute approximate surface area is 194 Å². The van der Waals surface area contributed by atoms with E-state index in [1.54, 1.807) is 19.4 Å². The Bertz CT molecular complexity index is 1240. The van der Waals surface area contributed by atoms with E-state index in [1.165, 1.54) is 0 Å². The van der Waals surface area contributed by atoms with Crippen molar-refractivity contribution in [3.05, 3.63) is 86.8 Å². The molecule has 2 aliphatic rings. The van der Waals surface area contributed by atoms with Crippen molar-refractivity contribution in [3.8, 4) is 17.2 Å². The number of ketones is 1. The number of ether oxygens (including phenoxy) is 3. The van der Waals surface area contributed by atoms with Gasteiger partial charge in [-0.2, -0.15) is 0 Å². The molecular formula is C25H21BrN2O4. The number of pyridine rings is 1. The van der Waals surface area contributed by atoms with Gasteiger partial charge in [0.05, 0.1) is 23.9 Å². The number of allylic oxidation sites excluding steroid dienone is 1. The molecule has 5 rings (SSSR count). The fourth-order valence-electron chi connectivity index (χ4n) is 4.06. The molecule has 7 heteroatoms. The zero-order chi connectivity index (χ0) is 22.2. The van der Waals surface area contributed by atoms with Crippen molar-refractivity contribution in [2.24, 2.45) is 0 Å². The molecule has 0 spiro atoms. The van der Waals surface area contributed by atoms with Gasteiger partial charge in [0.1, 0.15) is 24.0 Å². The number of fused-ring (bicyclic) bond motifs is 3. The first kappa shape index (κ1) is 20.7. The molecule has 2 aromatic carbocycles. The second-order valence-corrected chi connectivity index (χ2v) is 8.70. The van der Waals surface area contributed by atoms with Crippen molar-refractivity contribution >= 4 is 27.8 Å². The van der Waals surface area contributed by atoms with Crippen LogP contribution in [0.5, 0.6) is 17.2 Å². The predicted molar refractivity (Wildman–Crippen MR) is 124 cm³/mol. The van der Waals surface area contributed by atoms with E-state index in [1.807, 2.05) is 49.4 Å². The van der Waals surface area contributed by atoms with Gasteiger partial charge in [-0.05, 0) is 55.0 Å². The van der Waals surface area contributed by atoms with E-state index in [4.69, 9.17) is 14.2 Å². The topological polar surface area (TPSA) is 60.9 Å². The largest absolute Gasteiger partial charge is 0.496 e. The average molecular weight is 493 g/mol. The molecule has 32 heavy (non-hydrogen) atoms. The van der Waals surface area contributed by atoms with Gasteiger partial charge in [0.25, 0.3) is 0 Å². The maximum Gasteiger partial charge on any atom is 0.232 e. The minimum atomic E-state index is -0.135. The Morgan fingerprint density at radius 3 is 2.91 bits per heavy atom. The Balaban J connectivity index is 1.49. The molecule has 0 saturated carbocycles. The molecular weight excluding hydrogens is 472 g/mol. The van der Waals surface area contributed by atoms with E-state index in [0.717, 1.165) is 32.6 Å². The van der Waals surface area contributed by atoms with E-state index < -0.39 is 0 Å². The zero-order valence-electron chi connectivity index (χ0n) is 17.7. The second-order valence-electron chi connectivity index (χ2n) is 7.78.